The molecule has 1 fully saturated rings. The summed E-state index contributed by atoms with van der Waals surface area (Å²) in [5.41, 5.74) is 2.28. The molecule has 2 aromatic rings. The summed E-state index contributed by atoms with van der Waals surface area (Å²) in [6.07, 6.45) is 2.05. The number of aryl methyl sites for hydroxylation is 2. The second-order valence-electron chi connectivity index (χ2n) is 4.98. The van der Waals surface area contributed by atoms with Crippen molar-refractivity contribution < 1.29 is 4.42 Å². The fourth-order valence-electron chi connectivity index (χ4n) is 2.10. The molecule has 98 valence electrons. The summed E-state index contributed by atoms with van der Waals surface area (Å²) >= 11 is 0. The van der Waals surface area contributed by atoms with Crippen LogP contribution in [0.2, 0.25) is 0 Å². The predicted octanol–water partition coefficient (Wildman–Crippen LogP) is 2.63. The maximum atomic E-state index is 12.1. The van der Waals surface area contributed by atoms with Crippen LogP contribution in [0.1, 0.15) is 30.2 Å². The van der Waals surface area contributed by atoms with E-state index in [0.29, 0.717) is 11.4 Å². The molecule has 1 aliphatic carbocycles. The van der Waals surface area contributed by atoms with Crippen LogP contribution in [0.25, 0.3) is 0 Å². The Kier molecular flexibility index (Phi) is 2.85. The standard InChI is InChI=1S/C15H16N2O2/c1-10-5-3-4-6-13(10)16-15-17(12-7-8-12)14(18)9-11(2)19-15/h3-6,9,12H,7-8H2,1-2H3. The Balaban J connectivity index is 2.25. The van der Waals surface area contributed by atoms with Crippen molar-refractivity contribution in [2.75, 3.05) is 0 Å². The van der Waals surface area contributed by atoms with Crippen LogP contribution in [0, 0.1) is 13.8 Å². The average molecular weight is 256 g/mol. The van der Waals surface area contributed by atoms with Gasteiger partial charge in [0, 0.05) is 12.1 Å². The molecule has 0 amide bonds. The van der Waals surface area contributed by atoms with Crippen molar-refractivity contribution in [3.8, 4) is 0 Å². The maximum absolute atomic E-state index is 12.1. The van der Waals surface area contributed by atoms with Gasteiger partial charge in [-0.3, -0.25) is 9.36 Å². The van der Waals surface area contributed by atoms with Crippen molar-refractivity contribution in [3.05, 3.63) is 57.7 Å². The number of aromatic nitrogens is 1. The summed E-state index contributed by atoms with van der Waals surface area (Å²) in [6, 6.07) is 9.59. The quantitative estimate of drug-likeness (QED) is 0.829. The van der Waals surface area contributed by atoms with Crippen LogP contribution in [0.3, 0.4) is 0 Å². The van der Waals surface area contributed by atoms with Gasteiger partial charge in [0.2, 0.25) is 0 Å². The zero-order chi connectivity index (χ0) is 13.4. The van der Waals surface area contributed by atoms with Crippen LogP contribution in [0.4, 0.5) is 5.69 Å². The highest BCUT2D eigenvalue weighted by atomic mass is 16.3. The lowest BCUT2D eigenvalue weighted by molar-refractivity contribution is 0.387. The largest absolute Gasteiger partial charge is 0.430 e. The van der Waals surface area contributed by atoms with Gasteiger partial charge in [-0.05, 0) is 38.3 Å². The van der Waals surface area contributed by atoms with E-state index < -0.39 is 0 Å². The second-order valence-corrected chi connectivity index (χ2v) is 4.98. The lowest BCUT2D eigenvalue weighted by Gasteiger charge is -2.05. The van der Waals surface area contributed by atoms with Gasteiger partial charge >= 0.3 is 5.68 Å². The Morgan fingerprint density at radius 1 is 1.26 bits per heavy atom. The molecule has 0 unspecified atom stereocenters. The van der Waals surface area contributed by atoms with E-state index in [1.54, 1.807) is 11.5 Å². The molecule has 3 rings (SSSR count). The van der Waals surface area contributed by atoms with Crippen molar-refractivity contribution in [1.82, 2.24) is 4.57 Å². The number of hydrogen-bond donors (Lipinski definition) is 0. The molecule has 0 spiro atoms. The Hall–Kier alpha value is -2.10. The normalized spacial score (nSPS) is 15.8. The molecule has 0 saturated heterocycles. The average Bonchev–Trinajstić information content (AvgIpc) is 3.15. The van der Waals surface area contributed by atoms with Crippen LogP contribution in [-0.2, 0) is 0 Å². The van der Waals surface area contributed by atoms with E-state index in [-0.39, 0.29) is 11.6 Å². The Bertz CT molecular complexity index is 736. The minimum absolute atomic E-state index is 0.0291. The number of benzene rings is 1. The minimum atomic E-state index is -0.0291. The van der Waals surface area contributed by atoms with Crippen molar-refractivity contribution in [2.24, 2.45) is 4.99 Å². The molecule has 1 aromatic heterocycles. The van der Waals surface area contributed by atoms with Gasteiger partial charge in [-0.25, -0.2) is 0 Å². The highest BCUT2D eigenvalue weighted by Gasteiger charge is 2.26. The van der Waals surface area contributed by atoms with Gasteiger partial charge in [-0.1, -0.05) is 18.2 Å². The van der Waals surface area contributed by atoms with E-state index in [1.165, 1.54) is 6.07 Å². The molecular weight excluding hydrogens is 240 g/mol. The zero-order valence-corrected chi connectivity index (χ0v) is 11.1. The summed E-state index contributed by atoms with van der Waals surface area (Å²) in [4.78, 5) is 16.6. The topological polar surface area (TPSA) is 47.5 Å². The Morgan fingerprint density at radius 3 is 2.68 bits per heavy atom. The summed E-state index contributed by atoms with van der Waals surface area (Å²) in [5, 5.41) is 0. The van der Waals surface area contributed by atoms with Crippen LogP contribution in [0.5, 0.6) is 0 Å². The highest BCUT2D eigenvalue weighted by molar-refractivity contribution is 5.44. The predicted molar refractivity (Wildman–Crippen MR) is 72.4 cm³/mol. The van der Waals surface area contributed by atoms with Gasteiger partial charge in [-0.15, -0.1) is 0 Å². The van der Waals surface area contributed by atoms with Crippen molar-refractivity contribution >= 4 is 5.69 Å². The molecule has 0 N–H and O–H groups in total. The van der Waals surface area contributed by atoms with E-state index >= 15 is 0 Å². The molecule has 4 nitrogen and oxygen atoms in total. The molecule has 0 radical (unpaired) electrons. The van der Waals surface area contributed by atoms with Gasteiger partial charge in [0.15, 0.2) is 0 Å². The number of hydrogen-bond acceptors (Lipinski definition) is 3. The minimum Gasteiger partial charge on any atom is -0.430 e. The first kappa shape index (κ1) is 12.0. The fourth-order valence-corrected chi connectivity index (χ4v) is 2.10. The van der Waals surface area contributed by atoms with E-state index in [0.717, 1.165) is 24.1 Å². The number of para-hydroxylation sites is 1. The smallest absolute Gasteiger partial charge is 0.305 e. The maximum Gasteiger partial charge on any atom is 0.305 e. The summed E-state index contributed by atoms with van der Waals surface area (Å²) in [5.74, 6) is 0.592. The Morgan fingerprint density at radius 2 is 2.00 bits per heavy atom. The second kappa shape index (κ2) is 4.53. The van der Waals surface area contributed by atoms with Crippen molar-refractivity contribution in [3.63, 3.8) is 0 Å². The molecule has 0 bridgehead atoms. The molecule has 0 atom stereocenters. The lowest BCUT2D eigenvalue weighted by atomic mass is 10.2. The van der Waals surface area contributed by atoms with Gasteiger partial charge in [0.25, 0.3) is 5.56 Å². The first-order chi connectivity index (χ1) is 9.15. The Labute approximate surface area is 111 Å². The zero-order valence-electron chi connectivity index (χ0n) is 11.1. The summed E-state index contributed by atoms with van der Waals surface area (Å²) in [7, 11) is 0. The van der Waals surface area contributed by atoms with Crippen molar-refractivity contribution in [2.45, 2.75) is 32.7 Å². The van der Waals surface area contributed by atoms with Gasteiger partial charge in [-0.2, -0.15) is 4.99 Å². The first-order valence-corrected chi connectivity index (χ1v) is 6.49. The summed E-state index contributed by atoms with van der Waals surface area (Å²) in [6.45, 7) is 3.77. The third-order valence-electron chi connectivity index (χ3n) is 3.27. The third kappa shape index (κ3) is 2.38. The van der Waals surface area contributed by atoms with Gasteiger partial charge in [0.05, 0.1) is 5.69 Å². The molecule has 19 heavy (non-hydrogen) atoms. The molecule has 0 aliphatic heterocycles. The first-order valence-electron chi connectivity index (χ1n) is 6.49. The van der Waals surface area contributed by atoms with Crippen LogP contribution >= 0.6 is 0 Å². The molecule has 1 heterocycles. The molecule has 1 saturated carbocycles. The third-order valence-corrected chi connectivity index (χ3v) is 3.27. The number of nitrogens with zero attached hydrogens (tertiary/aromatic N) is 2. The van der Waals surface area contributed by atoms with E-state index in [4.69, 9.17) is 4.42 Å². The monoisotopic (exact) mass is 256 g/mol. The molecule has 4 heteroatoms. The molecular formula is C15H16N2O2. The van der Waals surface area contributed by atoms with Crippen LogP contribution in [0.15, 0.2) is 44.5 Å². The lowest BCUT2D eigenvalue weighted by Crippen LogP contribution is -2.32. The van der Waals surface area contributed by atoms with Crippen molar-refractivity contribution in [1.29, 1.82) is 0 Å². The molecule has 1 aromatic carbocycles. The number of rotatable bonds is 2. The van der Waals surface area contributed by atoms with E-state index in [9.17, 15) is 4.79 Å². The van der Waals surface area contributed by atoms with Gasteiger partial charge < -0.3 is 4.42 Å². The van der Waals surface area contributed by atoms with Crippen LogP contribution in [-0.4, -0.2) is 4.57 Å². The highest BCUT2D eigenvalue weighted by Crippen LogP contribution is 2.32. The fraction of sp³-hybridized carbons (Fsp3) is 0.333. The van der Waals surface area contributed by atoms with E-state index in [1.807, 2.05) is 31.2 Å². The van der Waals surface area contributed by atoms with Gasteiger partial charge in [0.1, 0.15) is 5.76 Å². The molecule has 1 aliphatic rings. The van der Waals surface area contributed by atoms with Crippen LogP contribution < -0.4 is 11.2 Å². The van der Waals surface area contributed by atoms with E-state index in [2.05, 4.69) is 4.99 Å². The summed E-state index contributed by atoms with van der Waals surface area (Å²) < 4.78 is 7.31. The SMILES string of the molecule is Cc1cc(=O)n(C2CC2)c(=Nc2ccccc2C)o1.